The molecular formula is C20H20ClN5O4. The zero-order chi connectivity index (χ0) is 21.4. The molecule has 3 heterocycles. The molecule has 1 aromatic carbocycles. The summed E-state index contributed by atoms with van der Waals surface area (Å²) in [6.45, 7) is 1.89. The summed E-state index contributed by atoms with van der Waals surface area (Å²) in [7, 11) is 4.67. The molecule has 1 amide bonds. The Bertz CT molecular complexity index is 1090. The largest absolute Gasteiger partial charge is 0.493 e. The van der Waals surface area contributed by atoms with E-state index < -0.39 is 0 Å². The summed E-state index contributed by atoms with van der Waals surface area (Å²) in [4.78, 5) is 12.6. The highest BCUT2D eigenvalue weighted by molar-refractivity contribution is 6.29. The maximum absolute atomic E-state index is 12.6. The number of benzene rings is 1. The summed E-state index contributed by atoms with van der Waals surface area (Å²) >= 11 is 5.85. The van der Waals surface area contributed by atoms with Gasteiger partial charge >= 0.3 is 0 Å². The molecule has 3 aromatic rings. The van der Waals surface area contributed by atoms with Gasteiger partial charge in [0, 0.05) is 17.9 Å². The van der Waals surface area contributed by atoms with Gasteiger partial charge in [0.1, 0.15) is 5.82 Å². The van der Waals surface area contributed by atoms with E-state index in [0.29, 0.717) is 28.9 Å². The topological polar surface area (TPSA) is 100 Å². The maximum atomic E-state index is 12.6. The lowest BCUT2D eigenvalue weighted by Crippen LogP contribution is -2.25. The number of amides is 1. The van der Waals surface area contributed by atoms with Crippen molar-refractivity contribution in [1.82, 2.24) is 20.0 Å². The fourth-order valence-corrected chi connectivity index (χ4v) is 3.82. The van der Waals surface area contributed by atoms with E-state index in [2.05, 4.69) is 20.6 Å². The second-order valence-electron chi connectivity index (χ2n) is 6.74. The van der Waals surface area contributed by atoms with Crippen molar-refractivity contribution >= 4 is 23.3 Å². The molecule has 0 radical (unpaired) electrons. The van der Waals surface area contributed by atoms with E-state index in [1.807, 2.05) is 19.1 Å². The number of nitrogens with one attached hydrogen (secondary N) is 1. The molecule has 0 saturated heterocycles. The SMILES string of the molecule is COc1cc([C@@H]2CC(=O)Nc3c2c(C)nn3-c2ccc(Cl)nn2)cc(OC)c1OC. The monoisotopic (exact) mass is 429 g/mol. The number of halogens is 1. The van der Waals surface area contributed by atoms with Crippen molar-refractivity contribution in [3.05, 3.63) is 46.2 Å². The molecule has 1 atom stereocenters. The Morgan fingerprint density at radius 3 is 2.37 bits per heavy atom. The second kappa shape index (κ2) is 7.83. The number of ether oxygens (including phenoxy) is 3. The molecule has 1 aliphatic heterocycles. The van der Waals surface area contributed by atoms with Crippen LogP contribution in [-0.4, -0.2) is 47.2 Å². The summed E-state index contributed by atoms with van der Waals surface area (Å²) in [5.41, 5.74) is 2.51. The number of rotatable bonds is 5. The lowest BCUT2D eigenvalue weighted by atomic mass is 9.85. The number of aromatic nitrogens is 4. The first-order valence-electron chi connectivity index (χ1n) is 9.15. The van der Waals surface area contributed by atoms with Gasteiger partial charge in [0.2, 0.25) is 11.7 Å². The number of aryl methyl sites for hydroxylation is 1. The highest BCUT2D eigenvalue weighted by Gasteiger charge is 2.34. The average molecular weight is 430 g/mol. The predicted molar refractivity (Wildman–Crippen MR) is 110 cm³/mol. The van der Waals surface area contributed by atoms with Crippen LogP contribution in [0.3, 0.4) is 0 Å². The minimum Gasteiger partial charge on any atom is -0.493 e. The van der Waals surface area contributed by atoms with Gasteiger partial charge in [-0.05, 0) is 36.8 Å². The maximum Gasteiger partial charge on any atom is 0.226 e. The van der Waals surface area contributed by atoms with Crippen LogP contribution in [0.25, 0.3) is 5.82 Å². The first-order valence-corrected chi connectivity index (χ1v) is 9.53. The van der Waals surface area contributed by atoms with Crippen LogP contribution in [0.1, 0.15) is 29.2 Å². The molecule has 2 aromatic heterocycles. The molecule has 0 spiro atoms. The molecule has 10 heteroatoms. The van der Waals surface area contributed by atoms with E-state index in [9.17, 15) is 4.79 Å². The van der Waals surface area contributed by atoms with Gasteiger partial charge in [-0.3, -0.25) is 4.79 Å². The quantitative estimate of drug-likeness (QED) is 0.664. The van der Waals surface area contributed by atoms with E-state index in [1.54, 1.807) is 38.1 Å². The molecule has 0 fully saturated rings. The molecule has 0 unspecified atom stereocenters. The Morgan fingerprint density at radius 1 is 1.10 bits per heavy atom. The van der Waals surface area contributed by atoms with Crippen molar-refractivity contribution in [2.75, 3.05) is 26.6 Å². The number of hydrogen-bond acceptors (Lipinski definition) is 7. The van der Waals surface area contributed by atoms with Crippen molar-refractivity contribution in [3.63, 3.8) is 0 Å². The molecule has 4 rings (SSSR count). The van der Waals surface area contributed by atoms with Gasteiger partial charge in [-0.2, -0.15) is 9.78 Å². The van der Waals surface area contributed by atoms with Crippen molar-refractivity contribution in [2.45, 2.75) is 19.3 Å². The van der Waals surface area contributed by atoms with Crippen LogP contribution >= 0.6 is 11.6 Å². The van der Waals surface area contributed by atoms with Crippen molar-refractivity contribution in [1.29, 1.82) is 0 Å². The standard InChI is InChI=1S/C20H20ClN5O4/c1-10-18-12(11-7-13(28-2)19(30-4)14(8-11)29-3)9-17(27)22-20(18)26(25-10)16-6-5-15(21)23-24-16/h5-8,12H,9H2,1-4H3,(H,22,27)/t12-/m0/s1. The number of methoxy groups -OCH3 is 3. The zero-order valence-electron chi connectivity index (χ0n) is 16.9. The van der Waals surface area contributed by atoms with Crippen molar-refractivity contribution in [2.24, 2.45) is 0 Å². The number of anilines is 1. The first-order chi connectivity index (χ1) is 14.5. The molecule has 0 bridgehead atoms. The molecule has 156 valence electrons. The summed E-state index contributed by atoms with van der Waals surface area (Å²) in [6, 6.07) is 7.02. The number of nitrogens with zero attached hydrogens (tertiary/aromatic N) is 4. The summed E-state index contributed by atoms with van der Waals surface area (Å²) in [5.74, 6) is 2.16. The summed E-state index contributed by atoms with van der Waals surface area (Å²) in [5, 5.41) is 15.7. The van der Waals surface area contributed by atoms with Gasteiger partial charge in [-0.25, -0.2) is 0 Å². The fourth-order valence-electron chi connectivity index (χ4n) is 3.72. The van der Waals surface area contributed by atoms with Crippen LogP contribution in [0.2, 0.25) is 5.15 Å². The molecular weight excluding hydrogens is 410 g/mol. The Labute approximate surface area is 177 Å². The molecule has 1 aliphatic rings. The smallest absolute Gasteiger partial charge is 0.226 e. The summed E-state index contributed by atoms with van der Waals surface area (Å²) in [6.07, 6.45) is 0.254. The van der Waals surface area contributed by atoms with Crippen LogP contribution in [-0.2, 0) is 4.79 Å². The molecule has 9 nitrogen and oxygen atoms in total. The number of carbonyl (C=O) groups is 1. The van der Waals surface area contributed by atoms with E-state index in [4.69, 9.17) is 25.8 Å². The molecule has 0 saturated carbocycles. The Hall–Kier alpha value is -3.33. The van der Waals surface area contributed by atoms with E-state index in [0.717, 1.165) is 16.8 Å². The highest BCUT2D eigenvalue weighted by Crippen LogP contribution is 2.45. The normalized spacial score (nSPS) is 15.4. The number of carbonyl (C=O) groups excluding carboxylic acids is 1. The van der Waals surface area contributed by atoms with Gasteiger partial charge in [0.15, 0.2) is 22.5 Å². The van der Waals surface area contributed by atoms with E-state index in [1.165, 1.54) is 0 Å². The highest BCUT2D eigenvalue weighted by atomic mass is 35.5. The Morgan fingerprint density at radius 2 is 1.80 bits per heavy atom. The van der Waals surface area contributed by atoms with Gasteiger partial charge in [-0.15, -0.1) is 10.2 Å². The molecule has 0 aliphatic carbocycles. The third kappa shape index (κ3) is 3.30. The Kier molecular flexibility index (Phi) is 5.21. The van der Waals surface area contributed by atoms with Gasteiger partial charge in [0.25, 0.3) is 0 Å². The number of fused-ring (bicyclic) bond motifs is 1. The minimum absolute atomic E-state index is 0.135. The lowest BCUT2D eigenvalue weighted by molar-refractivity contribution is -0.116. The van der Waals surface area contributed by atoms with Crippen molar-refractivity contribution < 1.29 is 19.0 Å². The van der Waals surface area contributed by atoms with Crippen molar-refractivity contribution in [3.8, 4) is 23.1 Å². The predicted octanol–water partition coefficient (Wildman–Crippen LogP) is 3.12. The summed E-state index contributed by atoms with van der Waals surface area (Å²) < 4.78 is 17.9. The fraction of sp³-hybridized carbons (Fsp3) is 0.300. The molecule has 1 N–H and O–H groups in total. The third-order valence-corrected chi connectivity index (χ3v) is 5.23. The first kappa shape index (κ1) is 20.0. The van der Waals surface area contributed by atoms with Gasteiger partial charge < -0.3 is 19.5 Å². The molecule has 30 heavy (non-hydrogen) atoms. The number of hydrogen-bond donors (Lipinski definition) is 1. The Balaban J connectivity index is 1.87. The van der Waals surface area contributed by atoms with Gasteiger partial charge in [-0.1, -0.05) is 11.6 Å². The zero-order valence-corrected chi connectivity index (χ0v) is 17.6. The average Bonchev–Trinajstić information content (AvgIpc) is 3.08. The van der Waals surface area contributed by atoms with E-state index >= 15 is 0 Å². The lowest BCUT2D eigenvalue weighted by Gasteiger charge is -2.25. The van der Waals surface area contributed by atoms with E-state index in [-0.39, 0.29) is 23.4 Å². The van der Waals surface area contributed by atoms with Crippen LogP contribution in [0, 0.1) is 6.92 Å². The van der Waals surface area contributed by atoms with Crippen LogP contribution in [0.5, 0.6) is 17.2 Å². The van der Waals surface area contributed by atoms with Crippen LogP contribution in [0.4, 0.5) is 5.82 Å². The van der Waals surface area contributed by atoms with Crippen LogP contribution in [0.15, 0.2) is 24.3 Å². The minimum atomic E-state index is -0.253. The van der Waals surface area contributed by atoms with Gasteiger partial charge in [0.05, 0.1) is 27.0 Å². The third-order valence-electron chi connectivity index (χ3n) is 5.03. The van der Waals surface area contributed by atoms with Crippen LogP contribution < -0.4 is 19.5 Å². The second-order valence-corrected chi connectivity index (χ2v) is 7.12.